The number of aromatic amines is 1. The zero-order chi connectivity index (χ0) is 24.0. The molecule has 1 aliphatic rings. The van der Waals surface area contributed by atoms with Crippen LogP contribution in [0.3, 0.4) is 0 Å². The highest BCUT2D eigenvalue weighted by Gasteiger charge is 2.26. The highest BCUT2D eigenvalue weighted by atomic mass is 32.2. The molecule has 5 N–H and O–H groups in total. The molecule has 0 aromatic carbocycles. The zero-order valence-electron chi connectivity index (χ0n) is 16.9. The van der Waals surface area contributed by atoms with Gasteiger partial charge in [-0.3, -0.25) is 24.5 Å². The summed E-state index contributed by atoms with van der Waals surface area (Å²) < 4.78 is 24.1. The largest absolute Gasteiger partial charge is 0.370 e. The van der Waals surface area contributed by atoms with Crippen LogP contribution in [-0.4, -0.2) is 45.7 Å². The van der Waals surface area contributed by atoms with Crippen LogP contribution in [0.1, 0.15) is 33.8 Å². The summed E-state index contributed by atoms with van der Waals surface area (Å²) in [7, 11) is 0. The molecule has 0 fully saturated rings. The van der Waals surface area contributed by atoms with E-state index in [1.165, 1.54) is 23.1 Å². The van der Waals surface area contributed by atoms with Gasteiger partial charge in [0, 0.05) is 25.7 Å². The van der Waals surface area contributed by atoms with Crippen molar-refractivity contribution < 1.29 is 33.3 Å². The van der Waals surface area contributed by atoms with E-state index in [2.05, 4.69) is 30.5 Å². The molecule has 2 aromatic heterocycles. The fraction of sp³-hybridized carbons (Fsp3) is 0.389. The lowest BCUT2D eigenvalue weighted by molar-refractivity contribution is -0.188. The number of carbonyl (C=O) groups is 3. The lowest BCUT2D eigenvalue weighted by atomic mass is 10.1. The zero-order valence-corrected chi connectivity index (χ0v) is 18.5. The van der Waals surface area contributed by atoms with Gasteiger partial charge < -0.3 is 16.4 Å². The van der Waals surface area contributed by atoms with E-state index in [4.69, 9.17) is 5.73 Å². The number of hydrogen-bond acceptors (Lipinski definition) is 11. The Balaban J connectivity index is 1.55. The van der Waals surface area contributed by atoms with Crippen LogP contribution in [0.15, 0.2) is 21.8 Å². The summed E-state index contributed by atoms with van der Waals surface area (Å²) in [6.07, 6.45) is 0.353. The SMILES string of the molecule is Nc1nc2c(c(=O)[nH]1)SC(CCc1ccc(C(=O)NC(CCC(=O)OF)C(=O)OF)s1)CN2. The van der Waals surface area contributed by atoms with Crippen LogP contribution in [-0.2, 0) is 25.9 Å². The molecule has 33 heavy (non-hydrogen) atoms. The van der Waals surface area contributed by atoms with Crippen molar-refractivity contribution in [2.75, 3.05) is 17.6 Å². The number of nitrogens with one attached hydrogen (secondary N) is 3. The number of amides is 1. The molecule has 2 atom stereocenters. The van der Waals surface area contributed by atoms with Crippen molar-refractivity contribution in [3.8, 4) is 0 Å². The topological polar surface area (TPSA) is 166 Å². The molecule has 0 spiro atoms. The van der Waals surface area contributed by atoms with Crippen molar-refractivity contribution in [1.29, 1.82) is 0 Å². The smallest absolute Gasteiger partial charge is 0.369 e. The first kappa shape index (κ1) is 24.4. The van der Waals surface area contributed by atoms with Crippen LogP contribution in [0.25, 0.3) is 0 Å². The van der Waals surface area contributed by atoms with Gasteiger partial charge in [0.15, 0.2) is 0 Å². The minimum absolute atomic E-state index is 0.0408. The fourth-order valence-electron chi connectivity index (χ4n) is 3.06. The van der Waals surface area contributed by atoms with Crippen LogP contribution >= 0.6 is 23.1 Å². The Kier molecular flexibility index (Phi) is 8.21. The van der Waals surface area contributed by atoms with E-state index in [0.29, 0.717) is 30.1 Å². The van der Waals surface area contributed by atoms with Crippen molar-refractivity contribution in [3.63, 3.8) is 0 Å². The first-order valence-electron chi connectivity index (χ1n) is 9.64. The highest BCUT2D eigenvalue weighted by Crippen LogP contribution is 2.33. The lowest BCUT2D eigenvalue weighted by Gasteiger charge is -2.23. The van der Waals surface area contributed by atoms with Crippen LogP contribution in [0.2, 0.25) is 0 Å². The predicted octanol–water partition coefficient (Wildman–Crippen LogP) is 1.67. The number of hydrogen-bond donors (Lipinski definition) is 4. The monoisotopic (exact) mass is 503 g/mol. The number of thiophene rings is 1. The highest BCUT2D eigenvalue weighted by molar-refractivity contribution is 8.00. The van der Waals surface area contributed by atoms with Crippen molar-refractivity contribution in [2.45, 2.75) is 41.9 Å². The maximum atomic E-state index is 12.4. The minimum atomic E-state index is -1.49. The Hall–Kier alpha value is -3.20. The standard InChI is InChI=1S/C18H19F2N5O6S2/c19-30-12(26)6-4-10(17(29)31-20)23-15(27)11-5-3-8(32-11)1-2-9-7-22-14-13(33-9)16(28)25-18(21)24-14/h3,5,9-10H,1-2,4,6-7H2,(H,23,27)(H4,21,22,24,25,28). The van der Waals surface area contributed by atoms with E-state index in [1.54, 1.807) is 12.1 Å². The van der Waals surface area contributed by atoms with E-state index in [1.807, 2.05) is 0 Å². The van der Waals surface area contributed by atoms with Gasteiger partial charge in [0.1, 0.15) is 16.8 Å². The van der Waals surface area contributed by atoms with E-state index < -0.39 is 36.7 Å². The summed E-state index contributed by atoms with van der Waals surface area (Å²) in [6, 6.07) is 1.80. The molecular weight excluding hydrogens is 484 g/mol. The Morgan fingerprint density at radius 1 is 1.30 bits per heavy atom. The maximum Gasteiger partial charge on any atom is 0.370 e. The van der Waals surface area contributed by atoms with Gasteiger partial charge in [0.2, 0.25) is 5.95 Å². The van der Waals surface area contributed by atoms with Gasteiger partial charge in [0.05, 0.1) is 11.3 Å². The predicted molar refractivity (Wildman–Crippen MR) is 115 cm³/mol. The van der Waals surface area contributed by atoms with Crippen LogP contribution in [0.5, 0.6) is 0 Å². The molecule has 178 valence electrons. The number of thioether (sulfide) groups is 1. The van der Waals surface area contributed by atoms with Gasteiger partial charge in [0.25, 0.3) is 11.5 Å². The first-order valence-corrected chi connectivity index (χ1v) is 11.3. The molecule has 0 radical (unpaired) electrons. The van der Waals surface area contributed by atoms with E-state index in [0.717, 1.165) is 4.88 Å². The van der Waals surface area contributed by atoms with Gasteiger partial charge in [-0.1, -0.05) is 0 Å². The number of rotatable bonds is 9. The molecule has 0 saturated carbocycles. The van der Waals surface area contributed by atoms with E-state index >= 15 is 0 Å². The molecule has 11 nitrogen and oxygen atoms in total. The number of aryl methyl sites for hydroxylation is 1. The van der Waals surface area contributed by atoms with Crippen LogP contribution < -0.4 is 21.9 Å². The molecule has 3 rings (SSSR count). The quantitative estimate of drug-likeness (QED) is 0.395. The molecule has 1 aliphatic heterocycles. The fourth-order valence-corrected chi connectivity index (χ4v) is 5.11. The summed E-state index contributed by atoms with van der Waals surface area (Å²) in [5.74, 6) is -2.86. The van der Waals surface area contributed by atoms with Crippen molar-refractivity contribution in [3.05, 3.63) is 32.2 Å². The number of halogens is 2. The molecular formula is C18H19F2N5O6S2. The number of nitrogens with zero attached hydrogens (tertiary/aromatic N) is 1. The van der Waals surface area contributed by atoms with Crippen molar-refractivity contribution >= 4 is 52.7 Å². The Morgan fingerprint density at radius 2 is 2.09 bits per heavy atom. The average molecular weight is 504 g/mol. The summed E-state index contributed by atoms with van der Waals surface area (Å²) in [4.78, 5) is 61.1. The van der Waals surface area contributed by atoms with E-state index in [-0.39, 0.29) is 21.6 Å². The maximum absolute atomic E-state index is 12.4. The Bertz CT molecular complexity index is 1090. The number of nitrogen functional groups attached to an aromatic ring is 1. The van der Waals surface area contributed by atoms with Crippen molar-refractivity contribution in [2.24, 2.45) is 0 Å². The second-order valence-electron chi connectivity index (χ2n) is 6.96. The molecule has 3 heterocycles. The van der Waals surface area contributed by atoms with Gasteiger partial charge in [-0.05, 0) is 31.4 Å². The summed E-state index contributed by atoms with van der Waals surface area (Å²) in [5, 5.41) is 5.44. The number of anilines is 2. The molecule has 0 bridgehead atoms. The number of carbonyl (C=O) groups excluding carboxylic acids is 3. The van der Waals surface area contributed by atoms with Gasteiger partial charge >= 0.3 is 11.9 Å². The third-order valence-electron chi connectivity index (χ3n) is 4.66. The summed E-state index contributed by atoms with van der Waals surface area (Å²) >= 11 is 2.57. The van der Waals surface area contributed by atoms with Gasteiger partial charge in [-0.2, -0.15) is 4.98 Å². The number of aromatic nitrogens is 2. The molecule has 2 aromatic rings. The first-order chi connectivity index (χ1) is 15.8. The number of H-pyrrole nitrogens is 1. The Morgan fingerprint density at radius 3 is 2.82 bits per heavy atom. The molecule has 1 amide bonds. The average Bonchev–Trinajstić information content (AvgIpc) is 3.28. The summed E-state index contributed by atoms with van der Waals surface area (Å²) in [6.45, 7) is 0.584. The van der Waals surface area contributed by atoms with Crippen LogP contribution in [0, 0.1) is 0 Å². The Labute approximate surface area is 193 Å². The van der Waals surface area contributed by atoms with Crippen LogP contribution in [0.4, 0.5) is 20.8 Å². The third kappa shape index (κ3) is 6.41. The number of nitrogens with two attached hydrogens (primary N) is 1. The second-order valence-corrected chi connectivity index (χ2v) is 9.44. The molecule has 15 heteroatoms. The lowest BCUT2D eigenvalue weighted by Crippen LogP contribution is -2.41. The number of fused-ring (bicyclic) bond motifs is 1. The van der Waals surface area contributed by atoms with Crippen molar-refractivity contribution in [1.82, 2.24) is 15.3 Å². The summed E-state index contributed by atoms with van der Waals surface area (Å²) in [5.41, 5.74) is 5.23. The minimum Gasteiger partial charge on any atom is -0.369 e. The third-order valence-corrected chi connectivity index (χ3v) is 7.16. The second kappa shape index (κ2) is 11.1. The van der Waals surface area contributed by atoms with Gasteiger partial charge in [-0.15, -0.1) is 23.1 Å². The van der Waals surface area contributed by atoms with Gasteiger partial charge in [-0.25, -0.2) is 9.59 Å². The molecule has 2 unspecified atom stereocenters. The van der Waals surface area contributed by atoms with E-state index in [9.17, 15) is 28.2 Å². The molecule has 0 saturated heterocycles. The molecule has 0 aliphatic carbocycles. The normalized spacial score (nSPS) is 15.6.